The highest BCUT2D eigenvalue weighted by Gasteiger charge is 2.31. The Bertz CT molecular complexity index is 1080. The number of ether oxygens (including phenoxy) is 2. The van der Waals surface area contributed by atoms with Gasteiger partial charge in [0.1, 0.15) is 24.0 Å². The number of aromatic amines is 1. The Morgan fingerprint density at radius 3 is 2.70 bits per heavy atom. The number of para-hydroxylation sites is 2. The highest BCUT2D eigenvalue weighted by Crippen LogP contribution is 2.31. The van der Waals surface area contributed by atoms with Crippen LogP contribution in [0.5, 0.6) is 0 Å². The van der Waals surface area contributed by atoms with Crippen molar-refractivity contribution < 1.29 is 19.4 Å². The molecule has 30 heavy (non-hydrogen) atoms. The number of carbonyl (C=O) groups excluding carboxylic acids is 1. The number of aromatic nitrogens is 2. The molecule has 1 aliphatic rings. The van der Waals surface area contributed by atoms with Crippen LogP contribution in [0.4, 0.5) is 5.69 Å². The number of nitrogens with zero attached hydrogens (tertiary/aromatic N) is 2. The number of anilines is 1. The first kappa shape index (κ1) is 19.7. The fourth-order valence-electron chi connectivity index (χ4n) is 3.32. The van der Waals surface area contributed by atoms with Crippen LogP contribution in [0.2, 0.25) is 0 Å². The minimum Gasteiger partial charge on any atom is -0.509 e. The summed E-state index contributed by atoms with van der Waals surface area (Å²) in [6, 6.07) is 14.3. The van der Waals surface area contributed by atoms with Crippen LogP contribution < -0.4 is 4.90 Å². The number of aliphatic hydroxyl groups excluding tert-OH is 1. The summed E-state index contributed by atoms with van der Waals surface area (Å²) in [5.74, 6) is 0.231. The minimum absolute atomic E-state index is 0.0680. The van der Waals surface area contributed by atoms with Gasteiger partial charge < -0.3 is 24.5 Å². The second-order valence-corrected chi connectivity index (χ2v) is 6.74. The van der Waals surface area contributed by atoms with E-state index in [1.54, 1.807) is 29.2 Å². The first-order valence-corrected chi connectivity index (χ1v) is 9.67. The van der Waals surface area contributed by atoms with Crippen LogP contribution in [0.3, 0.4) is 0 Å². The van der Waals surface area contributed by atoms with Crippen LogP contribution in [0, 0.1) is 5.41 Å². The maximum absolute atomic E-state index is 12.1. The highest BCUT2D eigenvalue weighted by atomic mass is 16.6. The lowest BCUT2D eigenvalue weighted by atomic mass is 10.2. The number of aliphatic hydroxyl groups is 1. The van der Waals surface area contributed by atoms with Gasteiger partial charge in [0.15, 0.2) is 0 Å². The van der Waals surface area contributed by atoms with Crippen LogP contribution in [-0.4, -0.2) is 53.2 Å². The Morgan fingerprint density at radius 2 is 1.97 bits per heavy atom. The molecule has 0 atom stereocenters. The smallest absolute Gasteiger partial charge is 0.338 e. The molecule has 3 N–H and O–H groups in total. The molecule has 1 aliphatic heterocycles. The summed E-state index contributed by atoms with van der Waals surface area (Å²) in [6.07, 6.45) is 0. The van der Waals surface area contributed by atoms with Gasteiger partial charge >= 0.3 is 5.97 Å². The number of carbonyl (C=O) groups is 1. The SMILES string of the molecule is CCOCCOC(=O)c1ccc(N2CC(O)=C(c3nc4ccccc4[nH]3)C2=N)cc1. The summed E-state index contributed by atoms with van der Waals surface area (Å²) in [5, 5.41) is 19.1. The topological polar surface area (TPSA) is 112 Å². The summed E-state index contributed by atoms with van der Waals surface area (Å²) in [4.78, 5) is 21.4. The molecule has 0 bridgehead atoms. The van der Waals surface area contributed by atoms with Crippen molar-refractivity contribution in [1.29, 1.82) is 5.41 Å². The third-order valence-corrected chi connectivity index (χ3v) is 4.81. The van der Waals surface area contributed by atoms with Crippen molar-refractivity contribution in [3.63, 3.8) is 0 Å². The molecule has 0 fully saturated rings. The molecule has 1 aromatic heterocycles. The fraction of sp³-hybridized carbons (Fsp3) is 0.227. The molecule has 0 saturated heterocycles. The van der Waals surface area contributed by atoms with Gasteiger partial charge in [-0.1, -0.05) is 12.1 Å². The average Bonchev–Trinajstić information content (AvgIpc) is 3.31. The van der Waals surface area contributed by atoms with Crippen LogP contribution in [0.15, 0.2) is 54.3 Å². The minimum atomic E-state index is -0.429. The summed E-state index contributed by atoms with van der Waals surface area (Å²) in [7, 11) is 0. The number of fused-ring (bicyclic) bond motifs is 1. The van der Waals surface area contributed by atoms with Gasteiger partial charge in [-0.3, -0.25) is 5.41 Å². The Morgan fingerprint density at radius 1 is 1.20 bits per heavy atom. The third kappa shape index (κ3) is 3.77. The lowest BCUT2D eigenvalue weighted by Crippen LogP contribution is -2.26. The highest BCUT2D eigenvalue weighted by molar-refractivity contribution is 6.30. The molecule has 0 unspecified atom stereocenters. The van der Waals surface area contributed by atoms with Gasteiger partial charge in [0, 0.05) is 12.3 Å². The van der Waals surface area contributed by atoms with Gasteiger partial charge in [-0.15, -0.1) is 0 Å². The number of amidine groups is 1. The van der Waals surface area contributed by atoms with Gasteiger partial charge in [-0.05, 0) is 43.3 Å². The van der Waals surface area contributed by atoms with Gasteiger partial charge in [0.2, 0.25) is 0 Å². The van der Waals surface area contributed by atoms with Crippen LogP contribution in [0.1, 0.15) is 23.1 Å². The van der Waals surface area contributed by atoms with Crippen LogP contribution >= 0.6 is 0 Å². The van der Waals surface area contributed by atoms with E-state index in [4.69, 9.17) is 14.9 Å². The second kappa shape index (κ2) is 8.38. The molecule has 3 aromatic rings. The van der Waals surface area contributed by atoms with E-state index in [1.807, 2.05) is 31.2 Å². The monoisotopic (exact) mass is 406 g/mol. The molecule has 0 spiro atoms. The molecule has 0 radical (unpaired) electrons. The normalized spacial score (nSPS) is 14.0. The number of rotatable bonds is 7. The van der Waals surface area contributed by atoms with Gasteiger partial charge in [0.25, 0.3) is 0 Å². The zero-order valence-corrected chi connectivity index (χ0v) is 16.5. The molecule has 2 aromatic carbocycles. The molecule has 0 amide bonds. The summed E-state index contributed by atoms with van der Waals surface area (Å²) < 4.78 is 10.3. The van der Waals surface area contributed by atoms with E-state index in [2.05, 4.69) is 9.97 Å². The van der Waals surface area contributed by atoms with Gasteiger partial charge in [-0.2, -0.15) is 0 Å². The number of hydrogen-bond acceptors (Lipinski definition) is 6. The van der Waals surface area contributed by atoms with Crippen molar-refractivity contribution in [3.8, 4) is 0 Å². The van der Waals surface area contributed by atoms with E-state index >= 15 is 0 Å². The van der Waals surface area contributed by atoms with Crippen molar-refractivity contribution in [2.45, 2.75) is 6.92 Å². The Hall–Kier alpha value is -3.65. The zero-order chi connectivity index (χ0) is 21.1. The predicted octanol–water partition coefficient (Wildman–Crippen LogP) is 3.52. The molecular weight excluding hydrogens is 384 g/mol. The standard InChI is InChI=1S/C22H22N4O4/c1-2-29-11-12-30-22(28)14-7-9-15(10-8-14)26-13-18(27)19(20(26)23)21-24-16-5-3-4-6-17(16)25-21/h3-10,23,27H,2,11-13H2,1H3,(H,24,25). The number of esters is 1. The van der Waals surface area contributed by atoms with E-state index < -0.39 is 5.97 Å². The van der Waals surface area contributed by atoms with Crippen molar-refractivity contribution in [2.24, 2.45) is 0 Å². The fourth-order valence-corrected chi connectivity index (χ4v) is 3.32. The van der Waals surface area contributed by atoms with Gasteiger partial charge in [0.05, 0.1) is 35.3 Å². The molecule has 0 aliphatic carbocycles. The Labute approximate surface area is 173 Å². The lowest BCUT2D eigenvalue weighted by Gasteiger charge is -2.18. The molecule has 8 heteroatoms. The van der Waals surface area contributed by atoms with E-state index in [1.165, 1.54) is 0 Å². The number of H-pyrrole nitrogens is 1. The number of imidazole rings is 1. The van der Waals surface area contributed by atoms with Crippen molar-refractivity contribution in [3.05, 3.63) is 65.7 Å². The van der Waals surface area contributed by atoms with Crippen molar-refractivity contribution in [1.82, 2.24) is 9.97 Å². The van der Waals surface area contributed by atoms with Crippen LogP contribution in [-0.2, 0) is 9.47 Å². The summed E-state index contributed by atoms with van der Waals surface area (Å²) in [5.41, 5.74) is 3.07. The summed E-state index contributed by atoms with van der Waals surface area (Å²) >= 11 is 0. The van der Waals surface area contributed by atoms with E-state index in [9.17, 15) is 9.90 Å². The van der Waals surface area contributed by atoms with Crippen molar-refractivity contribution in [2.75, 3.05) is 31.3 Å². The summed E-state index contributed by atoms with van der Waals surface area (Å²) in [6.45, 7) is 3.17. The quantitative estimate of drug-likeness (QED) is 0.409. The average molecular weight is 406 g/mol. The first-order valence-electron chi connectivity index (χ1n) is 9.67. The van der Waals surface area contributed by atoms with Gasteiger partial charge in [-0.25, -0.2) is 9.78 Å². The molecular formula is C22H22N4O4. The first-order chi connectivity index (χ1) is 14.6. The number of benzene rings is 2. The van der Waals surface area contributed by atoms with E-state index in [0.717, 1.165) is 11.0 Å². The molecule has 154 valence electrons. The van der Waals surface area contributed by atoms with Crippen molar-refractivity contribution >= 4 is 34.1 Å². The Kier molecular flexibility index (Phi) is 5.49. The second-order valence-electron chi connectivity index (χ2n) is 6.74. The number of nitrogens with one attached hydrogen (secondary N) is 2. The largest absolute Gasteiger partial charge is 0.509 e. The molecule has 0 saturated carbocycles. The van der Waals surface area contributed by atoms with Crippen LogP contribution in [0.25, 0.3) is 16.6 Å². The molecule has 2 heterocycles. The van der Waals surface area contributed by atoms with E-state index in [0.29, 0.717) is 35.9 Å². The molecule has 4 rings (SSSR count). The number of hydrogen-bond donors (Lipinski definition) is 3. The third-order valence-electron chi connectivity index (χ3n) is 4.81. The molecule has 8 nitrogen and oxygen atoms in total. The predicted molar refractivity (Wildman–Crippen MR) is 114 cm³/mol. The maximum atomic E-state index is 12.1. The lowest BCUT2D eigenvalue weighted by molar-refractivity contribution is 0.0335. The zero-order valence-electron chi connectivity index (χ0n) is 16.5. The maximum Gasteiger partial charge on any atom is 0.338 e. The van der Waals surface area contributed by atoms with E-state index in [-0.39, 0.29) is 24.7 Å². The Balaban J connectivity index is 1.48.